The minimum Gasteiger partial charge on any atom is -0.409 e. The molecule has 35 heavy (non-hydrogen) atoms. The summed E-state index contributed by atoms with van der Waals surface area (Å²) in [6, 6.07) is 0. The summed E-state index contributed by atoms with van der Waals surface area (Å²) in [5, 5.41) is -0.0442. The van der Waals surface area contributed by atoms with E-state index in [2.05, 4.69) is 55.7 Å². The fourth-order valence-electron chi connectivity index (χ4n) is 4.59. The lowest BCUT2D eigenvalue weighted by Gasteiger charge is -2.41. The number of carbonyl (C=O) groups is 1. The highest BCUT2D eigenvalue weighted by Gasteiger charge is 2.51. The molecule has 0 spiro atoms. The van der Waals surface area contributed by atoms with Crippen LogP contribution >= 0.6 is 0 Å². The van der Waals surface area contributed by atoms with Gasteiger partial charge >= 0.3 is 0 Å². The number of hydrogen-bond donors (Lipinski definition) is 2. The Balaban J connectivity index is 1.73. The number of hydrogen-bond acceptors (Lipinski definition) is 8. The molecule has 2 aromatic heterocycles. The van der Waals surface area contributed by atoms with Crippen molar-refractivity contribution in [2.24, 2.45) is 5.92 Å². The van der Waals surface area contributed by atoms with Gasteiger partial charge in [0.1, 0.15) is 0 Å². The first kappa shape index (κ1) is 25.8. The predicted octanol–water partition coefficient (Wildman–Crippen LogP) is 2.26. The molecule has 2 aliphatic heterocycles. The van der Waals surface area contributed by atoms with Crippen LogP contribution in [-0.4, -0.2) is 77.2 Å². The molecule has 0 radical (unpaired) electrons. The van der Waals surface area contributed by atoms with Crippen molar-refractivity contribution in [2.45, 2.75) is 77.1 Å². The molecular weight excluding hydrogens is 468 g/mol. The maximum Gasteiger partial charge on any atom is 0.280 e. The van der Waals surface area contributed by atoms with Crippen molar-refractivity contribution in [2.75, 3.05) is 32.0 Å². The molecule has 0 unspecified atom stereocenters. The molecule has 0 saturated carbocycles. The van der Waals surface area contributed by atoms with Gasteiger partial charge < -0.3 is 24.5 Å². The number of nitrogens with zero attached hydrogens (tertiary/aromatic N) is 4. The van der Waals surface area contributed by atoms with Crippen LogP contribution in [0.15, 0.2) is 11.1 Å². The third-order valence-electron chi connectivity index (χ3n) is 7.63. The molecule has 194 valence electrons. The van der Waals surface area contributed by atoms with E-state index in [-0.39, 0.29) is 34.4 Å². The summed E-state index contributed by atoms with van der Waals surface area (Å²) in [7, 11) is -2.26. The molecule has 2 aliphatic rings. The number of imidazole rings is 1. The Morgan fingerprint density at radius 1 is 1.31 bits per heavy atom. The number of rotatable bonds is 6. The molecular formula is C23H38N6O5Si. The number of aromatic nitrogens is 4. The standard InChI is InChI=1S/C23H38N6O5Si/c1-7-15-14(12-16(30)28-8-10-32-11-9-28)18(34-35(5,6)23(2,3)4)21(33-15)29-13-25-17-19(29)26-22(24)27-20(17)31/h13-15,18,21H,7-12H2,1-6H3,(H3,24,26,27,31)/t14-,15-,18-,21-/m1/s1. The van der Waals surface area contributed by atoms with Gasteiger partial charge in [0.25, 0.3) is 5.56 Å². The van der Waals surface area contributed by atoms with Crippen molar-refractivity contribution >= 4 is 31.3 Å². The number of H-pyrrole nitrogens is 1. The molecule has 0 aliphatic carbocycles. The lowest BCUT2D eigenvalue weighted by molar-refractivity contribution is -0.137. The van der Waals surface area contributed by atoms with Gasteiger partial charge in [0.15, 0.2) is 25.7 Å². The molecule has 0 bridgehead atoms. The fraction of sp³-hybridized carbons (Fsp3) is 0.739. The van der Waals surface area contributed by atoms with Gasteiger partial charge in [0.05, 0.1) is 31.7 Å². The lowest BCUT2D eigenvalue weighted by Crippen LogP contribution is -2.48. The zero-order chi connectivity index (χ0) is 25.5. The van der Waals surface area contributed by atoms with E-state index < -0.39 is 26.2 Å². The molecule has 11 nitrogen and oxygen atoms in total. The van der Waals surface area contributed by atoms with Crippen LogP contribution in [-0.2, 0) is 18.7 Å². The second kappa shape index (κ2) is 9.64. The molecule has 2 aromatic rings. The van der Waals surface area contributed by atoms with Gasteiger partial charge in [-0.2, -0.15) is 4.98 Å². The third-order valence-corrected chi connectivity index (χ3v) is 12.1. The zero-order valence-electron chi connectivity index (χ0n) is 21.5. The van der Waals surface area contributed by atoms with Gasteiger partial charge in [-0.3, -0.25) is 19.1 Å². The van der Waals surface area contributed by atoms with Crippen molar-refractivity contribution in [3.8, 4) is 0 Å². The van der Waals surface area contributed by atoms with Crippen LogP contribution in [0, 0.1) is 5.92 Å². The summed E-state index contributed by atoms with van der Waals surface area (Å²) in [6.07, 6.45) is 1.39. The van der Waals surface area contributed by atoms with Crippen LogP contribution in [0.1, 0.15) is 46.8 Å². The van der Waals surface area contributed by atoms with Gasteiger partial charge in [0.2, 0.25) is 11.9 Å². The monoisotopic (exact) mass is 506 g/mol. The normalized spacial score (nSPS) is 25.9. The van der Waals surface area contributed by atoms with E-state index in [0.29, 0.717) is 38.4 Å². The molecule has 4 rings (SSSR count). The van der Waals surface area contributed by atoms with Crippen LogP contribution in [0.3, 0.4) is 0 Å². The van der Waals surface area contributed by atoms with Crippen LogP contribution in [0.2, 0.25) is 18.1 Å². The zero-order valence-corrected chi connectivity index (χ0v) is 22.5. The first-order valence-corrected chi connectivity index (χ1v) is 15.2. The topological polar surface area (TPSA) is 138 Å². The van der Waals surface area contributed by atoms with E-state index in [4.69, 9.17) is 19.6 Å². The smallest absolute Gasteiger partial charge is 0.280 e. The second-order valence-electron chi connectivity index (χ2n) is 11.0. The average molecular weight is 507 g/mol. The summed E-state index contributed by atoms with van der Waals surface area (Å²) < 4.78 is 20.7. The van der Waals surface area contributed by atoms with E-state index in [1.54, 1.807) is 10.9 Å². The maximum atomic E-state index is 13.3. The van der Waals surface area contributed by atoms with Gasteiger partial charge in [-0.15, -0.1) is 0 Å². The van der Waals surface area contributed by atoms with Crippen molar-refractivity contribution < 1.29 is 18.7 Å². The highest BCUT2D eigenvalue weighted by Crippen LogP contribution is 2.46. The minimum atomic E-state index is -2.26. The van der Waals surface area contributed by atoms with Crippen molar-refractivity contribution in [1.29, 1.82) is 0 Å². The maximum absolute atomic E-state index is 13.3. The van der Waals surface area contributed by atoms with Crippen molar-refractivity contribution in [3.05, 3.63) is 16.7 Å². The highest BCUT2D eigenvalue weighted by atomic mass is 28.4. The largest absolute Gasteiger partial charge is 0.409 e. The van der Waals surface area contributed by atoms with E-state index in [9.17, 15) is 9.59 Å². The van der Waals surface area contributed by atoms with Crippen LogP contribution in [0.5, 0.6) is 0 Å². The van der Waals surface area contributed by atoms with Gasteiger partial charge in [-0.1, -0.05) is 27.7 Å². The van der Waals surface area contributed by atoms with Crippen LogP contribution < -0.4 is 11.3 Å². The molecule has 4 heterocycles. The Labute approximate surface area is 206 Å². The number of aromatic amines is 1. The van der Waals surface area contributed by atoms with E-state index in [1.165, 1.54) is 0 Å². The van der Waals surface area contributed by atoms with Crippen molar-refractivity contribution in [3.63, 3.8) is 0 Å². The number of ether oxygens (including phenoxy) is 2. The highest BCUT2D eigenvalue weighted by molar-refractivity contribution is 6.74. The number of nitrogens with one attached hydrogen (secondary N) is 1. The van der Waals surface area contributed by atoms with E-state index in [1.807, 2.05) is 4.90 Å². The molecule has 2 fully saturated rings. The van der Waals surface area contributed by atoms with E-state index in [0.717, 1.165) is 6.42 Å². The number of nitrogen functional groups attached to an aromatic ring is 1. The Morgan fingerprint density at radius 2 is 2.00 bits per heavy atom. The third kappa shape index (κ3) is 5.02. The average Bonchev–Trinajstić information content (AvgIpc) is 3.35. The van der Waals surface area contributed by atoms with Crippen molar-refractivity contribution in [1.82, 2.24) is 24.4 Å². The molecule has 12 heteroatoms. The number of fused-ring (bicyclic) bond motifs is 1. The molecule has 2 saturated heterocycles. The lowest BCUT2D eigenvalue weighted by atomic mass is 9.92. The number of carbonyl (C=O) groups excluding carboxylic acids is 1. The Kier molecular flexibility index (Phi) is 7.11. The van der Waals surface area contributed by atoms with E-state index >= 15 is 0 Å². The van der Waals surface area contributed by atoms with Gasteiger partial charge in [-0.05, 0) is 24.6 Å². The second-order valence-corrected chi connectivity index (χ2v) is 15.7. The first-order chi connectivity index (χ1) is 16.4. The SMILES string of the molecule is CC[C@H]1O[C@@H](n2cnc3c(=O)[nH]c(N)nc32)[C@H](O[Si](C)(C)C(C)(C)C)[C@@H]1CC(=O)N1CCOCC1. The summed E-state index contributed by atoms with van der Waals surface area (Å²) >= 11 is 0. The summed E-state index contributed by atoms with van der Waals surface area (Å²) in [5.41, 5.74) is 5.97. The Bertz CT molecular complexity index is 1120. The van der Waals surface area contributed by atoms with Gasteiger partial charge in [0, 0.05) is 25.4 Å². The fourth-order valence-corrected chi connectivity index (χ4v) is 5.91. The quantitative estimate of drug-likeness (QED) is 0.569. The molecule has 0 aromatic carbocycles. The Morgan fingerprint density at radius 3 is 2.63 bits per heavy atom. The number of amides is 1. The van der Waals surface area contributed by atoms with Crippen LogP contribution in [0.4, 0.5) is 5.95 Å². The summed E-state index contributed by atoms with van der Waals surface area (Å²) in [5.74, 6) is -0.0689. The summed E-state index contributed by atoms with van der Waals surface area (Å²) in [6.45, 7) is 15.3. The molecule has 1 amide bonds. The Hall–Kier alpha value is -2.28. The summed E-state index contributed by atoms with van der Waals surface area (Å²) in [4.78, 5) is 38.7. The molecule has 4 atom stereocenters. The number of morpholine rings is 1. The van der Waals surface area contributed by atoms with Gasteiger partial charge in [-0.25, -0.2) is 4.98 Å². The predicted molar refractivity (Wildman–Crippen MR) is 134 cm³/mol. The number of anilines is 1. The van der Waals surface area contributed by atoms with Crippen LogP contribution in [0.25, 0.3) is 11.2 Å². The first-order valence-electron chi connectivity index (χ1n) is 12.3. The molecule has 3 N–H and O–H groups in total. The number of nitrogens with two attached hydrogens (primary N) is 1. The minimum absolute atomic E-state index is 0.00944.